The van der Waals surface area contributed by atoms with Gasteiger partial charge in [0.25, 0.3) is 5.91 Å². The Balaban J connectivity index is 1.63. The van der Waals surface area contributed by atoms with Gasteiger partial charge < -0.3 is 14.8 Å². The molecule has 1 aromatic carbocycles. The monoisotopic (exact) mass is 422 g/mol. The smallest absolute Gasteiger partial charge is 0.274 e. The van der Waals surface area contributed by atoms with Crippen LogP contribution in [0.1, 0.15) is 73.9 Å². The fourth-order valence-corrected chi connectivity index (χ4v) is 3.52. The lowest BCUT2D eigenvalue weighted by molar-refractivity contribution is 0.0908. The van der Waals surface area contributed by atoms with Gasteiger partial charge in [0.1, 0.15) is 12.1 Å². The largest absolute Gasteiger partial charge is 0.490 e. The van der Waals surface area contributed by atoms with Gasteiger partial charge in [-0.1, -0.05) is 26.0 Å². The molecule has 2 heterocycles. The van der Waals surface area contributed by atoms with Gasteiger partial charge in [-0.2, -0.15) is 0 Å². The summed E-state index contributed by atoms with van der Waals surface area (Å²) in [5, 5.41) is 3.12. The van der Waals surface area contributed by atoms with E-state index in [-0.39, 0.29) is 11.8 Å². The molecule has 0 saturated heterocycles. The van der Waals surface area contributed by atoms with Crippen LogP contribution in [-0.4, -0.2) is 33.5 Å². The lowest BCUT2D eigenvalue weighted by Gasteiger charge is -2.27. The second-order valence-corrected chi connectivity index (χ2v) is 8.97. The molecule has 0 aliphatic heterocycles. The van der Waals surface area contributed by atoms with Crippen LogP contribution < -0.4 is 10.1 Å². The molecule has 1 aliphatic rings. The van der Waals surface area contributed by atoms with Crippen molar-refractivity contribution in [3.63, 3.8) is 0 Å². The molecule has 1 aliphatic carbocycles. The van der Waals surface area contributed by atoms with E-state index in [2.05, 4.69) is 24.1 Å². The molecule has 31 heavy (non-hydrogen) atoms. The van der Waals surface area contributed by atoms with Crippen molar-refractivity contribution in [2.75, 3.05) is 7.11 Å². The second-order valence-electron chi connectivity index (χ2n) is 8.97. The van der Waals surface area contributed by atoms with E-state index < -0.39 is 5.54 Å². The van der Waals surface area contributed by atoms with Crippen molar-refractivity contribution in [2.45, 2.75) is 64.7 Å². The number of hydrogen-bond acceptors (Lipinski definition) is 5. The first-order chi connectivity index (χ1) is 14.8. The molecule has 1 N–H and O–H groups in total. The van der Waals surface area contributed by atoms with Gasteiger partial charge in [0.2, 0.25) is 0 Å². The van der Waals surface area contributed by atoms with Crippen molar-refractivity contribution in [1.29, 1.82) is 0 Å². The number of fused-ring (bicyclic) bond motifs is 1. The highest BCUT2D eigenvalue weighted by Gasteiger charge is 2.28. The summed E-state index contributed by atoms with van der Waals surface area (Å²) in [6.45, 7) is 8.51. The highest BCUT2D eigenvalue weighted by Crippen LogP contribution is 2.30. The number of benzene rings is 1. The third kappa shape index (κ3) is 4.56. The fourth-order valence-electron chi connectivity index (χ4n) is 3.52. The van der Waals surface area contributed by atoms with Gasteiger partial charge in [0.05, 0.1) is 23.9 Å². The predicted octanol–water partition coefficient (Wildman–Crippen LogP) is 4.21. The number of amides is 1. The van der Waals surface area contributed by atoms with Gasteiger partial charge in [0.15, 0.2) is 11.3 Å². The van der Waals surface area contributed by atoms with E-state index in [0.717, 1.165) is 35.5 Å². The lowest BCUT2D eigenvalue weighted by atomic mass is 9.94. The molecule has 0 unspecified atom stereocenters. The first kappa shape index (κ1) is 21.3. The van der Waals surface area contributed by atoms with Crippen molar-refractivity contribution >= 4 is 11.6 Å². The number of nitrogens with one attached hydrogen (secondary N) is 1. The molecule has 7 nitrogen and oxygen atoms in total. The number of nitrogens with zero attached hydrogens (tertiary/aromatic N) is 3. The van der Waals surface area contributed by atoms with Crippen LogP contribution >= 0.6 is 0 Å². The predicted molar refractivity (Wildman–Crippen MR) is 118 cm³/mol. The van der Waals surface area contributed by atoms with Crippen LogP contribution in [0.15, 0.2) is 36.7 Å². The molecule has 1 saturated carbocycles. The van der Waals surface area contributed by atoms with Crippen molar-refractivity contribution in [2.24, 2.45) is 0 Å². The average molecular weight is 423 g/mol. The summed E-state index contributed by atoms with van der Waals surface area (Å²) in [6.07, 6.45) is 4.17. The Morgan fingerprint density at radius 3 is 2.74 bits per heavy atom. The van der Waals surface area contributed by atoms with Crippen molar-refractivity contribution in [3.8, 4) is 5.75 Å². The molecule has 164 valence electrons. The third-order valence-electron chi connectivity index (χ3n) is 5.51. The summed E-state index contributed by atoms with van der Waals surface area (Å²) in [4.78, 5) is 22.4. The van der Waals surface area contributed by atoms with Gasteiger partial charge in [-0.05, 0) is 56.4 Å². The van der Waals surface area contributed by atoms with E-state index in [0.29, 0.717) is 24.1 Å². The Hall–Kier alpha value is -2.93. The molecule has 0 spiro atoms. The maximum atomic E-state index is 13.2. The second kappa shape index (κ2) is 8.30. The number of carbonyl (C=O) groups excluding carboxylic acids is 1. The van der Waals surface area contributed by atoms with Gasteiger partial charge in [-0.3, -0.25) is 9.20 Å². The maximum absolute atomic E-state index is 13.2. The summed E-state index contributed by atoms with van der Waals surface area (Å²) in [6, 6.07) is 9.91. The zero-order valence-electron chi connectivity index (χ0n) is 18.8. The number of carbonyl (C=O) groups is 1. The van der Waals surface area contributed by atoms with Crippen LogP contribution in [0.4, 0.5) is 0 Å². The van der Waals surface area contributed by atoms with Crippen LogP contribution in [0.2, 0.25) is 0 Å². The Morgan fingerprint density at radius 1 is 1.29 bits per heavy atom. The summed E-state index contributed by atoms with van der Waals surface area (Å²) in [5.41, 5.74) is 3.01. The molecule has 7 heteroatoms. The number of imidazole rings is 1. The molecular weight excluding hydrogens is 392 g/mol. The number of ether oxygens (including phenoxy) is 2. The lowest BCUT2D eigenvalue weighted by Crippen LogP contribution is -2.41. The van der Waals surface area contributed by atoms with Gasteiger partial charge in [-0.25, -0.2) is 9.97 Å². The van der Waals surface area contributed by atoms with E-state index in [1.807, 2.05) is 48.6 Å². The topological polar surface area (TPSA) is 77.8 Å². The molecule has 1 amide bonds. The van der Waals surface area contributed by atoms with Crippen LogP contribution in [-0.2, 0) is 16.9 Å². The summed E-state index contributed by atoms with van der Waals surface area (Å²) >= 11 is 0. The average Bonchev–Trinajstić information content (AvgIpc) is 3.42. The highest BCUT2D eigenvalue weighted by atomic mass is 16.5. The molecule has 2 aromatic heterocycles. The molecule has 0 radical (unpaired) electrons. The van der Waals surface area contributed by atoms with Gasteiger partial charge in [-0.15, -0.1) is 0 Å². The van der Waals surface area contributed by atoms with E-state index in [1.165, 1.54) is 0 Å². The SMILES string of the molecule is COCc1cc(C(C)C)nc2c(C(=O)NC(C)(C)c3cccc(OC4CC4)c3)ncn12. The van der Waals surface area contributed by atoms with Crippen molar-refractivity contribution < 1.29 is 14.3 Å². The number of rotatable bonds is 8. The minimum Gasteiger partial charge on any atom is -0.490 e. The van der Waals surface area contributed by atoms with Gasteiger partial charge >= 0.3 is 0 Å². The number of hydrogen-bond donors (Lipinski definition) is 1. The minimum absolute atomic E-state index is 0.220. The first-order valence-corrected chi connectivity index (χ1v) is 10.7. The Kier molecular flexibility index (Phi) is 5.71. The van der Waals surface area contributed by atoms with Crippen LogP contribution in [0.3, 0.4) is 0 Å². The summed E-state index contributed by atoms with van der Waals surface area (Å²) in [7, 11) is 1.65. The summed E-state index contributed by atoms with van der Waals surface area (Å²) < 4.78 is 13.1. The van der Waals surface area contributed by atoms with Crippen LogP contribution in [0, 0.1) is 0 Å². The molecular formula is C24H30N4O3. The molecule has 3 aromatic rings. The maximum Gasteiger partial charge on any atom is 0.274 e. The summed E-state index contributed by atoms with van der Waals surface area (Å²) in [5.74, 6) is 0.789. The zero-order valence-corrected chi connectivity index (χ0v) is 18.8. The quantitative estimate of drug-likeness (QED) is 0.589. The zero-order chi connectivity index (χ0) is 22.2. The van der Waals surface area contributed by atoms with E-state index in [4.69, 9.17) is 14.5 Å². The Bertz CT molecular complexity index is 1100. The Morgan fingerprint density at radius 2 is 2.06 bits per heavy atom. The number of methoxy groups -OCH3 is 1. The molecule has 0 atom stereocenters. The van der Waals surface area contributed by atoms with E-state index in [9.17, 15) is 4.79 Å². The van der Waals surface area contributed by atoms with Crippen molar-refractivity contribution in [3.05, 3.63) is 59.3 Å². The molecule has 0 bridgehead atoms. The Labute approximate surface area is 182 Å². The number of aromatic nitrogens is 3. The van der Waals surface area contributed by atoms with Crippen molar-refractivity contribution in [1.82, 2.24) is 19.7 Å². The van der Waals surface area contributed by atoms with E-state index >= 15 is 0 Å². The van der Waals surface area contributed by atoms with E-state index in [1.54, 1.807) is 13.4 Å². The third-order valence-corrected chi connectivity index (χ3v) is 5.51. The van der Waals surface area contributed by atoms with Gasteiger partial charge in [0, 0.05) is 12.8 Å². The minimum atomic E-state index is -0.610. The van der Waals surface area contributed by atoms with Crippen LogP contribution in [0.5, 0.6) is 5.75 Å². The molecule has 4 rings (SSSR count). The fraction of sp³-hybridized carbons (Fsp3) is 0.458. The normalized spacial score (nSPS) is 14.3. The highest BCUT2D eigenvalue weighted by molar-refractivity contribution is 5.98. The standard InChI is InChI=1S/C24H30N4O3/c1-15(2)20-12-17(13-30-5)28-14-25-21(22(28)26-20)23(29)27-24(3,4)16-7-6-8-19(11-16)31-18-9-10-18/h6-8,11-12,14-15,18H,9-10,13H2,1-5H3,(H,27,29). The van der Waals surface area contributed by atoms with Crippen LogP contribution in [0.25, 0.3) is 5.65 Å². The molecule has 1 fully saturated rings. The first-order valence-electron chi connectivity index (χ1n) is 10.7.